The number of rotatable bonds is 7. The van der Waals surface area contributed by atoms with Gasteiger partial charge >= 0.3 is 12.1 Å². The van der Waals surface area contributed by atoms with E-state index < -0.39 is 17.8 Å². The van der Waals surface area contributed by atoms with Crippen LogP contribution < -0.4 is 4.74 Å². The summed E-state index contributed by atoms with van der Waals surface area (Å²) in [6.07, 6.45) is -1.71. The van der Waals surface area contributed by atoms with Gasteiger partial charge in [0.1, 0.15) is 12.4 Å². The minimum absolute atomic E-state index is 0.160. The van der Waals surface area contributed by atoms with Gasteiger partial charge in [-0.3, -0.25) is 0 Å². The van der Waals surface area contributed by atoms with Crippen molar-refractivity contribution < 1.29 is 27.4 Å². The number of carbonyl (C=O) groups is 1. The quantitative estimate of drug-likeness (QED) is 0.342. The van der Waals surface area contributed by atoms with Gasteiger partial charge in [0, 0.05) is 6.08 Å². The largest absolute Gasteiger partial charge is 0.487 e. The molecule has 162 valence electrons. The SMILES string of the molecule is CCOC(=O)/C=C/c1ccc(OCc2cc(C(F)(F)F)nn2-c2ccccc2Cl)cc1. The molecule has 0 atom stereocenters. The van der Waals surface area contributed by atoms with E-state index in [1.54, 1.807) is 61.5 Å². The summed E-state index contributed by atoms with van der Waals surface area (Å²) < 4.78 is 51.2. The van der Waals surface area contributed by atoms with Crippen molar-refractivity contribution in [1.29, 1.82) is 0 Å². The Kier molecular flexibility index (Phi) is 7.02. The molecular weight excluding hydrogens is 433 g/mol. The van der Waals surface area contributed by atoms with Crippen molar-refractivity contribution in [3.05, 3.63) is 82.6 Å². The average molecular weight is 451 g/mol. The van der Waals surface area contributed by atoms with Crippen LogP contribution in [0.5, 0.6) is 5.75 Å². The van der Waals surface area contributed by atoms with Crippen molar-refractivity contribution in [3.63, 3.8) is 0 Å². The highest BCUT2D eigenvalue weighted by Gasteiger charge is 2.35. The fourth-order valence-electron chi connectivity index (χ4n) is 2.68. The number of ether oxygens (including phenoxy) is 2. The Morgan fingerprint density at radius 3 is 2.52 bits per heavy atom. The first-order chi connectivity index (χ1) is 14.8. The molecule has 5 nitrogen and oxygen atoms in total. The van der Waals surface area contributed by atoms with Gasteiger partial charge in [-0.2, -0.15) is 18.3 Å². The summed E-state index contributed by atoms with van der Waals surface area (Å²) in [5, 5.41) is 3.93. The van der Waals surface area contributed by atoms with Crippen molar-refractivity contribution in [2.75, 3.05) is 6.61 Å². The molecule has 0 fully saturated rings. The van der Waals surface area contributed by atoms with E-state index in [2.05, 4.69) is 5.10 Å². The van der Waals surface area contributed by atoms with Crippen LogP contribution in [0.2, 0.25) is 5.02 Å². The van der Waals surface area contributed by atoms with Crippen molar-refractivity contribution >= 4 is 23.6 Å². The van der Waals surface area contributed by atoms with E-state index >= 15 is 0 Å². The summed E-state index contributed by atoms with van der Waals surface area (Å²) in [6.45, 7) is 1.84. The summed E-state index contributed by atoms with van der Waals surface area (Å²) >= 11 is 6.14. The zero-order valence-electron chi connectivity index (χ0n) is 16.4. The lowest BCUT2D eigenvalue weighted by Gasteiger charge is -2.10. The van der Waals surface area contributed by atoms with Crippen molar-refractivity contribution in [2.45, 2.75) is 19.7 Å². The number of aromatic nitrogens is 2. The van der Waals surface area contributed by atoms with E-state index in [4.69, 9.17) is 21.1 Å². The number of carbonyl (C=O) groups excluding carboxylic acids is 1. The molecule has 0 aliphatic carbocycles. The monoisotopic (exact) mass is 450 g/mol. The van der Waals surface area contributed by atoms with E-state index in [1.807, 2.05) is 0 Å². The number of alkyl halides is 3. The zero-order chi connectivity index (χ0) is 22.4. The van der Waals surface area contributed by atoms with Gasteiger partial charge in [0.2, 0.25) is 0 Å². The Labute approximate surface area is 181 Å². The molecule has 3 aromatic rings. The molecule has 0 unspecified atom stereocenters. The molecule has 0 saturated carbocycles. The standard InChI is InChI=1S/C22H18ClF3N2O3/c1-2-30-21(29)12-9-15-7-10-17(11-8-15)31-14-16-13-20(22(24,25)26)27-28(16)19-6-4-3-5-18(19)23/h3-13H,2,14H2,1H3/b12-9+. The normalized spacial score (nSPS) is 11.6. The zero-order valence-corrected chi connectivity index (χ0v) is 17.2. The van der Waals surface area contributed by atoms with E-state index in [0.717, 1.165) is 16.3 Å². The van der Waals surface area contributed by atoms with Crippen molar-refractivity contribution in [1.82, 2.24) is 9.78 Å². The minimum Gasteiger partial charge on any atom is -0.487 e. The molecule has 0 saturated heterocycles. The van der Waals surface area contributed by atoms with Crippen LogP contribution in [-0.2, 0) is 22.3 Å². The van der Waals surface area contributed by atoms with Crippen molar-refractivity contribution in [3.8, 4) is 11.4 Å². The van der Waals surface area contributed by atoms with E-state index in [9.17, 15) is 18.0 Å². The van der Waals surface area contributed by atoms with Crippen LogP contribution in [0.25, 0.3) is 11.8 Å². The van der Waals surface area contributed by atoms with Crippen LogP contribution in [0.15, 0.2) is 60.7 Å². The van der Waals surface area contributed by atoms with Gasteiger partial charge in [-0.05, 0) is 48.9 Å². The number of hydrogen-bond donors (Lipinski definition) is 0. The molecule has 3 rings (SSSR count). The van der Waals surface area contributed by atoms with Crippen LogP contribution in [0, 0.1) is 0 Å². The smallest absolute Gasteiger partial charge is 0.435 e. The van der Waals surface area contributed by atoms with Gasteiger partial charge < -0.3 is 9.47 Å². The van der Waals surface area contributed by atoms with E-state index in [1.165, 1.54) is 6.08 Å². The highest BCUT2D eigenvalue weighted by atomic mass is 35.5. The van der Waals surface area contributed by atoms with Crippen LogP contribution in [-0.4, -0.2) is 22.4 Å². The second-order valence-corrected chi connectivity index (χ2v) is 6.73. The van der Waals surface area contributed by atoms with Gasteiger partial charge in [-0.25, -0.2) is 9.48 Å². The maximum atomic E-state index is 13.2. The maximum Gasteiger partial charge on any atom is 0.435 e. The Morgan fingerprint density at radius 2 is 1.87 bits per heavy atom. The van der Waals surface area contributed by atoms with E-state index in [0.29, 0.717) is 11.4 Å². The van der Waals surface area contributed by atoms with Gasteiger partial charge in [0.15, 0.2) is 5.69 Å². The minimum atomic E-state index is -4.60. The molecule has 0 amide bonds. The first-order valence-corrected chi connectivity index (χ1v) is 9.64. The van der Waals surface area contributed by atoms with Crippen LogP contribution in [0.1, 0.15) is 23.9 Å². The molecular formula is C22H18ClF3N2O3. The molecule has 0 radical (unpaired) electrons. The Balaban J connectivity index is 1.77. The average Bonchev–Trinajstić information content (AvgIpc) is 3.17. The number of nitrogens with zero attached hydrogens (tertiary/aromatic N) is 2. The molecule has 0 bridgehead atoms. The van der Waals surface area contributed by atoms with Crippen molar-refractivity contribution in [2.24, 2.45) is 0 Å². The fourth-order valence-corrected chi connectivity index (χ4v) is 2.90. The molecule has 1 heterocycles. The summed E-state index contributed by atoms with van der Waals surface area (Å²) in [5.74, 6) is -0.00937. The fraction of sp³-hybridized carbons (Fsp3) is 0.182. The van der Waals surface area contributed by atoms with Gasteiger partial charge in [0.25, 0.3) is 0 Å². The molecule has 0 aliphatic rings. The molecule has 0 aliphatic heterocycles. The molecule has 1 aromatic heterocycles. The lowest BCUT2D eigenvalue weighted by atomic mass is 10.2. The van der Waals surface area contributed by atoms with Crippen LogP contribution >= 0.6 is 11.6 Å². The molecule has 9 heteroatoms. The summed E-state index contributed by atoms with van der Waals surface area (Å²) in [4.78, 5) is 11.4. The molecule has 0 spiro atoms. The molecule has 31 heavy (non-hydrogen) atoms. The Morgan fingerprint density at radius 1 is 1.16 bits per heavy atom. The van der Waals surface area contributed by atoms with Crippen LogP contribution in [0.4, 0.5) is 13.2 Å². The summed E-state index contributed by atoms with van der Waals surface area (Å²) in [6, 6.07) is 14.1. The van der Waals surface area contributed by atoms with E-state index in [-0.39, 0.29) is 23.9 Å². The third kappa shape index (κ3) is 5.88. The molecule has 2 aromatic carbocycles. The summed E-state index contributed by atoms with van der Waals surface area (Å²) in [5.41, 5.74) is 0.204. The lowest BCUT2D eigenvalue weighted by molar-refractivity contribution is -0.141. The van der Waals surface area contributed by atoms with Gasteiger partial charge in [-0.1, -0.05) is 35.9 Å². The number of esters is 1. The number of hydrogen-bond acceptors (Lipinski definition) is 4. The van der Waals surface area contributed by atoms with Gasteiger partial charge in [0.05, 0.1) is 23.0 Å². The van der Waals surface area contributed by atoms with Crippen LogP contribution in [0.3, 0.4) is 0 Å². The number of para-hydroxylation sites is 1. The highest BCUT2D eigenvalue weighted by molar-refractivity contribution is 6.32. The third-order valence-corrected chi connectivity index (χ3v) is 4.44. The highest BCUT2D eigenvalue weighted by Crippen LogP contribution is 2.31. The predicted molar refractivity (Wildman–Crippen MR) is 110 cm³/mol. The summed E-state index contributed by atoms with van der Waals surface area (Å²) in [7, 11) is 0. The Bertz CT molecular complexity index is 1080. The maximum absolute atomic E-state index is 13.2. The Hall–Kier alpha value is -3.26. The number of benzene rings is 2. The second kappa shape index (κ2) is 9.70. The lowest BCUT2D eigenvalue weighted by Crippen LogP contribution is -2.08. The van der Waals surface area contributed by atoms with Gasteiger partial charge in [-0.15, -0.1) is 0 Å². The third-order valence-electron chi connectivity index (χ3n) is 4.12. The number of halogens is 4. The first kappa shape index (κ1) is 22.4. The molecule has 0 N–H and O–H groups in total. The first-order valence-electron chi connectivity index (χ1n) is 9.26. The topological polar surface area (TPSA) is 53.4 Å². The predicted octanol–water partition coefficient (Wildman–Crippen LogP) is 5.70. The second-order valence-electron chi connectivity index (χ2n) is 6.32.